The van der Waals surface area contributed by atoms with E-state index in [-0.39, 0.29) is 6.03 Å². The first-order valence-corrected chi connectivity index (χ1v) is 13.3. The lowest BCUT2D eigenvalue weighted by molar-refractivity contribution is 0.235. The van der Waals surface area contributed by atoms with E-state index in [0.717, 1.165) is 73.3 Å². The van der Waals surface area contributed by atoms with Crippen LogP contribution >= 0.6 is 0 Å². The summed E-state index contributed by atoms with van der Waals surface area (Å²) in [6, 6.07) is 23.3. The van der Waals surface area contributed by atoms with Crippen molar-refractivity contribution < 1.29 is 19.0 Å². The van der Waals surface area contributed by atoms with Gasteiger partial charge < -0.3 is 24.4 Å². The van der Waals surface area contributed by atoms with E-state index >= 15 is 0 Å². The lowest BCUT2D eigenvalue weighted by atomic mass is 10.2. The molecule has 1 fully saturated rings. The molecule has 0 bridgehead atoms. The number of ether oxygens (including phenoxy) is 3. The molecule has 0 radical (unpaired) electrons. The van der Waals surface area contributed by atoms with Crippen molar-refractivity contribution in [1.29, 1.82) is 0 Å². The number of rotatable bonds is 12. The van der Waals surface area contributed by atoms with Crippen LogP contribution in [0.25, 0.3) is 0 Å². The Labute approximate surface area is 231 Å². The fraction of sp³-hybridized carbons (Fsp3) is 0.367. The van der Waals surface area contributed by atoms with Gasteiger partial charge in [0.2, 0.25) is 0 Å². The van der Waals surface area contributed by atoms with Crippen LogP contribution in [0.3, 0.4) is 0 Å². The third-order valence-electron chi connectivity index (χ3n) is 6.83. The van der Waals surface area contributed by atoms with Crippen LogP contribution in [0.5, 0.6) is 17.2 Å². The molecule has 208 valence electrons. The van der Waals surface area contributed by atoms with E-state index in [4.69, 9.17) is 14.2 Å². The molecule has 39 heavy (non-hydrogen) atoms. The summed E-state index contributed by atoms with van der Waals surface area (Å²) in [5, 5.41) is 4.83. The molecule has 0 spiro atoms. The average Bonchev–Trinajstić information content (AvgIpc) is 2.99. The third-order valence-corrected chi connectivity index (χ3v) is 6.83. The van der Waals surface area contributed by atoms with E-state index in [1.165, 1.54) is 0 Å². The van der Waals surface area contributed by atoms with Gasteiger partial charge in [0.25, 0.3) is 0 Å². The number of carbonyl (C=O) groups is 1. The van der Waals surface area contributed by atoms with Crippen molar-refractivity contribution >= 4 is 17.4 Å². The molecule has 9 nitrogen and oxygen atoms in total. The lowest BCUT2D eigenvalue weighted by Gasteiger charge is -2.36. The Morgan fingerprint density at radius 1 is 0.846 bits per heavy atom. The first-order valence-electron chi connectivity index (χ1n) is 13.3. The maximum Gasteiger partial charge on any atom is 0.333 e. The van der Waals surface area contributed by atoms with Gasteiger partial charge in [-0.1, -0.05) is 24.3 Å². The van der Waals surface area contributed by atoms with Gasteiger partial charge in [-0.3, -0.25) is 9.91 Å². The highest BCUT2D eigenvalue weighted by Gasteiger charge is 2.19. The Balaban J connectivity index is 1.25. The number of amides is 2. The van der Waals surface area contributed by atoms with Gasteiger partial charge in [-0.2, -0.15) is 0 Å². The molecule has 4 rings (SSSR count). The van der Waals surface area contributed by atoms with E-state index in [9.17, 15) is 4.79 Å². The second kappa shape index (κ2) is 14.2. The van der Waals surface area contributed by atoms with Crippen molar-refractivity contribution in [3.05, 3.63) is 78.4 Å². The van der Waals surface area contributed by atoms with Crippen LogP contribution in [0, 0.1) is 0 Å². The summed E-state index contributed by atoms with van der Waals surface area (Å²) in [5.41, 5.74) is 6.01. The van der Waals surface area contributed by atoms with Crippen LogP contribution < -0.4 is 34.9 Å². The summed E-state index contributed by atoms with van der Waals surface area (Å²) in [4.78, 5) is 17.6. The molecule has 3 aromatic rings. The minimum atomic E-state index is -0.241. The molecule has 3 aromatic carbocycles. The molecule has 0 aromatic heterocycles. The topological polar surface area (TPSA) is 78.5 Å². The molecule has 0 aliphatic carbocycles. The van der Waals surface area contributed by atoms with E-state index in [1.807, 2.05) is 71.7 Å². The van der Waals surface area contributed by atoms with Crippen LogP contribution in [0.2, 0.25) is 0 Å². The molecule has 2 N–H and O–H groups in total. The summed E-state index contributed by atoms with van der Waals surface area (Å²) < 4.78 is 16.2. The second-order valence-corrected chi connectivity index (χ2v) is 9.36. The van der Waals surface area contributed by atoms with Crippen LogP contribution in [-0.4, -0.2) is 71.5 Å². The van der Waals surface area contributed by atoms with Gasteiger partial charge in [-0.15, -0.1) is 0 Å². The highest BCUT2D eigenvalue weighted by molar-refractivity contribution is 5.76. The second-order valence-electron chi connectivity index (χ2n) is 9.36. The molecule has 1 saturated heterocycles. The fourth-order valence-corrected chi connectivity index (χ4v) is 4.68. The average molecular weight is 534 g/mol. The molecule has 0 saturated carbocycles. The van der Waals surface area contributed by atoms with E-state index < -0.39 is 0 Å². The number of urea groups is 1. The van der Waals surface area contributed by atoms with Crippen molar-refractivity contribution in [1.82, 2.24) is 15.6 Å². The SMILES string of the molecule is COc1ccc(N(Cc2cccc(OC)c2)NC(=O)NCCCN2CCN(c3ccccc3OC)CC2)cc1. The number of piperazine rings is 1. The van der Waals surface area contributed by atoms with Crippen molar-refractivity contribution in [2.24, 2.45) is 0 Å². The Hall–Kier alpha value is -4.11. The Kier molecular flexibility index (Phi) is 10.1. The Bertz CT molecular complexity index is 1180. The standard InChI is InChI=1S/C30H39N5O4/c1-37-26-14-12-25(13-15-26)35(23-24-8-6-9-27(22-24)38-2)32-30(36)31-16-7-17-33-18-20-34(21-19-33)28-10-4-5-11-29(28)39-3/h4-6,8-15,22H,7,16-21,23H2,1-3H3,(H2,31,32,36). The molecule has 0 unspecified atom stereocenters. The number of carbonyl (C=O) groups excluding carboxylic acids is 1. The van der Waals surface area contributed by atoms with Gasteiger partial charge in [0, 0.05) is 32.7 Å². The lowest BCUT2D eigenvalue weighted by Crippen LogP contribution is -2.49. The Morgan fingerprint density at radius 2 is 1.59 bits per heavy atom. The molecule has 1 aliphatic rings. The van der Waals surface area contributed by atoms with E-state index in [2.05, 4.69) is 26.6 Å². The number of hydrogen-bond donors (Lipinski definition) is 2. The maximum atomic E-state index is 12.8. The van der Waals surface area contributed by atoms with Gasteiger partial charge in [-0.25, -0.2) is 10.2 Å². The third kappa shape index (κ3) is 7.94. The predicted octanol–water partition coefficient (Wildman–Crippen LogP) is 4.15. The zero-order valence-electron chi connectivity index (χ0n) is 23.1. The minimum Gasteiger partial charge on any atom is -0.497 e. The van der Waals surface area contributed by atoms with Crippen molar-refractivity contribution in [2.75, 3.05) is 70.5 Å². The predicted molar refractivity (Wildman–Crippen MR) is 155 cm³/mol. The highest BCUT2D eigenvalue weighted by Crippen LogP contribution is 2.28. The summed E-state index contributed by atoms with van der Waals surface area (Å²) in [6.45, 7) is 5.88. The number of hydrazine groups is 1. The number of nitrogens with zero attached hydrogens (tertiary/aromatic N) is 3. The molecule has 0 atom stereocenters. The minimum absolute atomic E-state index is 0.241. The number of hydrogen-bond acceptors (Lipinski definition) is 7. The fourth-order valence-electron chi connectivity index (χ4n) is 4.68. The van der Waals surface area contributed by atoms with Gasteiger partial charge >= 0.3 is 6.03 Å². The Morgan fingerprint density at radius 3 is 2.31 bits per heavy atom. The van der Waals surface area contributed by atoms with Crippen LogP contribution in [-0.2, 0) is 6.54 Å². The number of para-hydroxylation sites is 2. The first-order chi connectivity index (χ1) is 19.1. The van der Waals surface area contributed by atoms with Crippen LogP contribution in [0.1, 0.15) is 12.0 Å². The number of benzene rings is 3. The number of methoxy groups -OCH3 is 3. The van der Waals surface area contributed by atoms with Gasteiger partial charge in [0.05, 0.1) is 39.2 Å². The largest absolute Gasteiger partial charge is 0.497 e. The van der Waals surface area contributed by atoms with Crippen LogP contribution in [0.15, 0.2) is 72.8 Å². The maximum absolute atomic E-state index is 12.8. The smallest absolute Gasteiger partial charge is 0.333 e. The zero-order chi connectivity index (χ0) is 27.5. The number of nitrogens with one attached hydrogen (secondary N) is 2. The summed E-state index contributed by atoms with van der Waals surface area (Å²) >= 11 is 0. The molecular formula is C30H39N5O4. The quantitative estimate of drug-likeness (QED) is 0.268. The van der Waals surface area contributed by atoms with Gasteiger partial charge in [-0.05, 0) is 67.1 Å². The highest BCUT2D eigenvalue weighted by atomic mass is 16.5. The molecular weight excluding hydrogens is 494 g/mol. The summed E-state index contributed by atoms with van der Waals surface area (Å²) in [6.07, 6.45) is 0.875. The molecule has 1 aliphatic heterocycles. The van der Waals surface area contributed by atoms with E-state index in [0.29, 0.717) is 13.1 Å². The first kappa shape index (κ1) is 27.9. The van der Waals surface area contributed by atoms with Crippen LogP contribution in [0.4, 0.5) is 16.2 Å². The van der Waals surface area contributed by atoms with Crippen molar-refractivity contribution in [2.45, 2.75) is 13.0 Å². The van der Waals surface area contributed by atoms with Gasteiger partial charge in [0.15, 0.2) is 0 Å². The molecule has 1 heterocycles. The summed E-state index contributed by atoms with van der Waals surface area (Å²) in [5.74, 6) is 2.44. The zero-order valence-corrected chi connectivity index (χ0v) is 23.1. The normalized spacial score (nSPS) is 13.5. The monoisotopic (exact) mass is 533 g/mol. The van der Waals surface area contributed by atoms with E-state index in [1.54, 1.807) is 21.3 Å². The van der Waals surface area contributed by atoms with Crippen molar-refractivity contribution in [3.8, 4) is 17.2 Å². The number of anilines is 2. The molecule has 9 heteroatoms. The van der Waals surface area contributed by atoms with Gasteiger partial charge in [0.1, 0.15) is 17.2 Å². The summed E-state index contributed by atoms with van der Waals surface area (Å²) in [7, 11) is 4.99. The van der Waals surface area contributed by atoms with Crippen molar-refractivity contribution in [3.63, 3.8) is 0 Å². The molecule has 2 amide bonds.